The van der Waals surface area contributed by atoms with Gasteiger partial charge < -0.3 is 0 Å². The summed E-state index contributed by atoms with van der Waals surface area (Å²) in [4.78, 5) is 13.6. The van der Waals surface area contributed by atoms with Crippen molar-refractivity contribution in [3.05, 3.63) is 51.7 Å². The zero-order chi connectivity index (χ0) is 15.0. The summed E-state index contributed by atoms with van der Waals surface area (Å²) in [6.07, 6.45) is 0. The van der Waals surface area contributed by atoms with E-state index in [0.29, 0.717) is 16.7 Å². The van der Waals surface area contributed by atoms with Crippen molar-refractivity contribution in [2.24, 2.45) is 0 Å². The van der Waals surface area contributed by atoms with Gasteiger partial charge in [0.1, 0.15) is 10.8 Å². The van der Waals surface area contributed by atoms with Gasteiger partial charge in [-0.1, -0.05) is 43.6 Å². The summed E-state index contributed by atoms with van der Waals surface area (Å²) in [7, 11) is 0. The predicted molar refractivity (Wildman–Crippen MR) is 89.6 cm³/mol. The smallest absolute Gasteiger partial charge is 0.181 e. The first kappa shape index (κ1) is 14.4. The molecule has 0 saturated carbocycles. The molecule has 0 bridgehead atoms. The Morgan fingerprint density at radius 2 is 1.81 bits per heavy atom. The van der Waals surface area contributed by atoms with Gasteiger partial charge in [0.05, 0.1) is 5.52 Å². The van der Waals surface area contributed by atoms with Crippen molar-refractivity contribution in [3.63, 3.8) is 0 Å². The van der Waals surface area contributed by atoms with Gasteiger partial charge in [-0.05, 0) is 40.0 Å². The molecule has 0 saturated heterocycles. The SMILES string of the molecule is CC(C)c1cc(Cl)nc(-c2nc3ccccc3cc2Br)n1. The van der Waals surface area contributed by atoms with Crippen LogP contribution in [-0.2, 0) is 0 Å². The van der Waals surface area contributed by atoms with Gasteiger partial charge in [-0.2, -0.15) is 0 Å². The minimum atomic E-state index is 0.281. The second-order valence-electron chi connectivity index (χ2n) is 5.11. The topological polar surface area (TPSA) is 38.7 Å². The van der Waals surface area contributed by atoms with Crippen molar-refractivity contribution in [2.45, 2.75) is 19.8 Å². The number of benzene rings is 1. The monoisotopic (exact) mass is 361 g/mol. The number of aromatic nitrogens is 3. The number of rotatable bonds is 2. The highest BCUT2D eigenvalue weighted by molar-refractivity contribution is 9.10. The van der Waals surface area contributed by atoms with E-state index < -0.39 is 0 Å². The van der Waals surface area contributed by atoms with Crippen LogP contribution in [0.15, 0.2) is 40.9 Å². The Bertz CT molecular complexity index is 818. The molecule has 1 aromatic carbocycles. The molecule has 21 heavy (non-hydrogen) atoms. The molecule has 0 aliphatic heterocycles. The Morgan fingerprint density at radius 1 is 1.05 bits per heavy atom. The highest BCUT2D eigenvalue weighted by Gasteiger charge is 2.13. The molecule has 106 valence electrons. The molecular formula is C16H13BrClN3. The first-order valence-electron chi connectivity index (χ1n) is 6.65. The Labute approximate surface area is 136 Å². The van der Waals surface area contributed by atoms with E-state index in [4.69, 9.17) is 11.6 Å². The number of nitrogens with zero attached hydrogens (tertiary/aromatic N) is 3. The molecule has 0 spiro atoms. The lowest BCUT2D eigenvalue weighted by molar-refractivity contribution is 0.816. The van der Waals surface area contributed by atoms with Crippen molar-refractivity contribution in [3.8, 4) is 11.5 Å². The first-order valence-corrected chi connectivity index (χ1v) is 7.82. The molecule has 0 fully saturated rings. The fourth-order valence-electron chi connectivity index (χ4n) is 2.08. The minimum absolute atomic E-state index is 0.281. The maximum Gasteiger partial charge on any atom is 0.181 e. The number of hydrogen-bond donors (Lipinski definition) is 0. The molecule has 0 unspecified atom stereocenters. The van der Waals surface area contributed by atoms with Crippen molar-refractivity contribution in [1.29, 1.82) is 0 Å². The van der Waals surface area contributed by atoms with Crippen molar-refractivity contribution in [1.82, 2.24) is 15.0 Å². The third-order valence-corrected chi connectivity index (χ3v) is 3.99. The van der Waals surface area contributed by atoms with Crippen molar-refractivity contribution < 1.29 is 0 Å². The molecule has 0 N–H and O–H groups in total. The summed E-state index contributed by atoms with van der Waals surface area (Å²) in [5.74, 6) is 0.826. The molecular weight excluding hydrogens is 350 g/mol. The lowest BCUT2D eigenvalue weighted by atomic mass is 10.1. The average Bonchev–Trinajstić information content (AvgIpc) is 2.45. The standard InChI is InChI=1S/C16H13BrClN3/c1-9(2)13-8-14(18)21-16(20-13)15-11(17)7-10-5-3-4-6-12(10)19-15/h3-9H,1-2H3. The van der Waals surface area contributed by atoms with Gasteiger partial charge in [0.25, 0.3) is 0 Å². The minimum Gasteiger partial charge on any atom is -0.243 e. The molecule has 3 aromatic rings. The first-order chi connectivity index (χ1) is 10.0. The van der Waals surface area contributed by atoms with E-state index in [1.54, 1.807) is 6.07 Å². The quantitative estimate of drug-likeness (QED) is 0.586. The fourth-order valence-corrected chi connectivity index (χ4v) is 2.79. The molecule has 0 atom stereocenters. The summed E-state index contributed by atoms with van der Waals surface area (Å²) < 4.78 is 0.859. The van der Waals surface area contributed by atoms with Crippen LogP contribution in [0.5, 0.6) is 0 Å². The van der Waals surface area contributed by atoms with Crippen LogP contribution in [0.25, 0.3) is 22.4 Å². The van der Waals surface area contributed by atoms with Crippen LogP contribution in [0, 0.1) is 0 Å². The Morgan fingerprint density at radius 3 is 2.57 bits per heavy atom. The van der Waals surface area contributed by atoms with Gasteiger partial charge in [0.15, 0.2) is 5.82 Å². The maximum atomic E-state index is 6.12. The zero-order valence-electron chi connectivity index (χ0n) is 11.6. The summed E-state index contributed by atoms with van der Waals surface area (Å²) in [6, 6.07) is 11.8. The van der Waals surface area contributed by atoms with Crippen LogP contribution in [0.4, 0.5) is 0 Å². The highest BCUT2D eigenvalue weighted by atomic mass is 79.9. The number of fused-ring (bicyclic) bond motifs is 1. The highest BCUT2D eigenvalue weighted by Crippen LogP contribution is 2.29. The van der Waals surface area contributed by atoms with Gasteiger partial charge >= 0.3 is 0 Å². The molecule has 5 heteroatoms. The van der Waals surface area contributed by atoms with E-state index in [9.17, 15) is 0 Å². The lowest BCUT2D eigenvalue weighted by Gasteiger charge is -2.09. The van der Waals surface area contributed by atoms with E-state index in [1.165, 1.54) is 0 Å². The maximum absolute atomic E-state index is 6.12. The molecule has 0 radical (unpaired) electrons. The van der Waals surface area contributed by atoms with Crippen LogP contribution >= 0.6 is 27.5 Å². The van der Waals surface area contributed by atoms with Crippen LogP contribution in [-0.4, -0.2) is 15.0 Å². The van der Waals surface area contributed by atoms with Gasteiger partial charge in [-0.3, -0.25) is 0 Å². The number of para-hydroxylation sites is 1. The van der Waals surface area contributed by atoms with E-state index in [2.05, 4.69) is 44.7 Å². The molecule has 3 nitrogen and oxygen atoms in total. The van der Waals surface area contributed by atoms with Crippen LogP contribution in [0.2, 0.25) is 5.15 Å². The Kier molecular flexibility index (Phi) is 3.91. The zero-order valence-corrected chi connectivity index (χ0v) is 14.0. The second kappa shape index (κ2) is 5.70. The molecule has 0 aliphatic rings. The van der Waals surface area contributed by atoms with E-state index >= 15 is 0 Å². The van der Waals surface area contributed by atoms with Crippen LogP contribution < -0.4 is 0 Å². The van der Waals surface area contributed by atoms with Gasteiger partial charge in [-0.25, -0.2) is 15.0 Å². The Balaban J connectivity index is 2.22. The van der Waals surface area contributed by atoms with Crippen molar-refractivity contribution in [2.75, 3.05) is 0 Å². The van der Waals surface area contributed by atoms with Crippen LogP contribution in [0.3, 0.4) is 0 Å². The average molecular weight is 363 g/mol. The van der Waals surface area contributed by atoms with Crippen molar-refractivity contribution >= 4 is 38.4 Å². The summed E-state index contributed by atoms with van der Waals surface area (Å²) in [5.41, 5.74) is 2.52. The predicted octanol–water partition coefficient (Wildman–Crippen LogP) is 5.23. The fraction of sp³-hybridized carbons (Fsp3) is 0.188. The summed E-state index contributed by atoms with van der Waals surface area (Å²) in [5, 5.41) is 1.50. The van der Waals surface area contributed by atoms with E-state index in [1.807, 2.05) is 30.3 Å². The lowest BCUT2D eigenvalue weighted by Crippen LogP contribution is -2.00. The van der Waals surface area contributed by atoms with E-state index in [0.717, 1.165) is 21.1 Å². The number of hydrogen-bond acceptors (Lipinski definition) is 3. The number of pyridine rings is 1. The molecule has 3 rings (SSSR count). The van der Waals surface area contributed by atoms with Crippen LogP contribution in [0.1, 0.15) is 25.5 Å². The van der Waals surface area contributed by atoms with Gasteiger partial charge in [-0.15, -0.1) is 0 Å². The second-order valence-corrected chi connectivity index (χ2v) is 6.35. The molecule has 2 heterocycles. The normalized spacial score (nSPS) is 11.3. The van der Waals surface area contributed by atoms with Gasteiger partial charge in [0, 0.05) is 15.6 Å². The largest absolute Gasteiger partial charge is 0.243 e. The third kappa shape index (κ3) is 2.92. The molecule has 0 aliphatic carbocycles. The molecule has 0 amide bonds. The molecule has 2 aromatic heterocycles. The van der Waals surface area contributed by atoms with E-state index in [-0.39, 0.29) is 5.92 Å². The number of halogens is 2. The summed E-state index contributed by atoms with van der Waals surface area (Å²) in [6.45, 7) is 4.15. The summed E-state index contributed by atoms with van der Waals surface area (Å²) >= 11 is 9.68. The third-order valence-electron chi connectivity index (χ3n) is 3.20. The Hall–Kier alpha value is -1.52. The van der Waals surface area contributed by atoms with Gasteiger partial charge in [0.2, 0.25) is 0 Å².